The molecule has 1 atom stereocenters. The maximum absolute atomic E-state index is 13.2. The lowest BCUT2D eigenvalue weighted by Gasteiger charge is -2.19. The van der Waals surface area contributed by atoms with Crippen molar-refractivity contribution in [3.05, 3.63) is 65.2 Å². The van der Waals surface area contributed by atoms with Crippen molar-refractivity contribution >= 4 is 5.69 Å². The minimum Gasteiger partial charge on any atom is -0.378 e. The molecular weight excluding hydrogens is 244 g/mol. The van der Waals surface area contributed by atoms with Gasteiger partial charge < -0.3 is 5.32 Å². The zero-order chi connectivity index (χ0) is 13.8. The third kappa shape index (κ3) is 3.31. The average molecular weight is 261 g/mol. The van der Waals surface area contributed by atoms with Gasteiger partial charge in [0.25, 0.3) is 0 Å². The molecule has 1 N–H and O–H groups in total. The van der Waals surface area contributed by atoms with E-state index >= 15 is 0 Å². The quantitative estimate of drug-likeness (QED) is 0.830. The molecule has 2 aromatic carbocycles. The van der Waals surface area contributed by atoms with Crippen LogP contribution in [-0.2, 0) is 0 Å². The van der Waals surface area contributed by atoms with Gasteiger partial charge in [0.2, 0.25) is 0 Å². The molecule has 0 aromatic heterocycles. The fourth-order valence-corrected chi connectivity index (χ4v) is 2.08. The first kappa shape index (κ1) is 13.5. The van der Waals surface area contributed by atoms with Crippen LogP contribution in [0.5, 0.6) is 0 Å². The lowest BCUT2D eigenvalue weighted by atomic mass is 10.0. The third-order valence-corrected chi connectivity index (χ3v) is 3.16. The highest BCUT2D eigenvalue weighted by Gasteiger charge is 2.10. The molecule has 0 bridgehead atoms. The Morgan fingerprint density at radius 1 is 1.11 bits per heavy atom. The standard InChI is InChI=1S/C16H17F2N/c1-3-16(12-5-4-6-13(17)10-12)19-14-7-8-15(18)11(2)9-14/h4-10,16,19H,3H2,1-2H3. The van der Waals surface area contributed by atoms with E-state index in [2.05, 4.69) is 5.32 Å². The van der Waals surface area contributed by atoms with E-state index < -0.39 is 0 Å². The van der Waals surface area contributed by atoms with Crippen LogP contribution in [0.1, 0.15) is 30.5 Å². The summed E-state index contributed by atoms with van der Waals surface area (Å²) < 4.78 is 26.5. The molecule has 0 saturated carbocycles. The van der Waals surface area contributed by atoms with Gasteiger partial charge in [-0.15, -0.1) is 0 Å². The Morgan fingerprint density at radius 3 is 2.53 bits per heavy atom. The SMILES string of the molecule is CCC(Nc1ccc(F)c(C)c1)c1cccc(F)c1. The van der Waals surface area contributed by atoms with E-state index in [0.717, 1.165) is 17.7 Å². The van der Waals surface area contributed by atoms with E-state index in [0.29, 0.717) is 5.56 Å². The largest absolute Gasteiger partial charge is 0.378 e. The van der Waals surface area contributed by atoms with Crippen molar-refractivity contribution in [3.8, 4) is 0 Å². The predicted molar refractivity (Wildman–Crippen MR) is 74.2 cm³/mol. The van der Waals surface area contributed by atoms with E-state index in [9.17, 15) is 8.78 Å². The van der Waals surface area contributed by atoms with Crippen molar-refractivity contribution in [1.82, 2.24) is 0 Å². The Balaban J connectivity index is 2.21. The topological polar surface area (TPSA) is 12.0 Å². The number of nitrogens with one attached hydrogen (secondary N) is 1. The Hall–Kier alpha value is -1.90. The van der Waals surface area contributed by atoms with Crippen molar-refractivity contribution < 1.29 is 8.78 Å². The van der Waals surface area contributed by atoms with Crippen molar-refractivity contribution in [1.29, 1.82) is 0 Å². The first-order valence-corrected chi connectivity index (χ1v) is 6.38. The summed E-state index contributed by atoms with van der Waals surface area (Å²) >= 11 is 0. The monoisotopic (exact) mass is 261 g/mol. The fourth-order valence-electron chi connectivity index (χ4n) is 2.08. The van der Waals surface area contributed by atoms with Crippen LogP contribution in [0.3, 0.4) is 0 Å². The van der Waals surface area contributed by atoms with Crippen LogP contribution in [0.15, 0.2) is 42.5 Å². The van der Waals surface area contributed by atoms with Gasteiger partial charge in [0, 0.05) is 5.69 Å². The fraction of sp³-hybridized carbons (Fsp3) is 0.250. The molecule has 19 heavy (non-hydrogen) atoms. The average Bonchev–Trinajstić information content (AvgIpc) is 2.40. The summed E-state index contributed by atoms with van der Waals surface area (Å²) in [5.74, 6) is -0.461. The van der Waals surface area contributed by atoms with Crippen molar-refractivity contribution in [2.24, 2.45) is 0 Å². The van der Waals surface area contributed by atoms with E-state index in [1.807, 2.05) is 13.0 Å². The highest BCUT2D eigenvalue weighted by atomic mass is 19.1. The molecule has 0 amide bonds. The zero-order valence-corrected chi connectivity index (χ0v) is 11.1. The van der Waals surface area contributed by atoms with Crippen LogP contribution in [0.4, 0.5) is 14.5 Å². The van der Waals surface area contributed by atoms with Crippen molar-refractivity contribution in [3.63, 3.8) is 0 Å². The van der Waals surface area contributed by atoms with Gasteiger partial charge in [0.15, 0.2) is 0 Å². The van der Waals surface area contributed by atoms with E-state index in [1.165, 1.54) is 18.2 Å². The molecule has 1 nitrogen and oxygen atoms in total. The Bertz CT molecular complexity index is 566. The van der Waals surface area contributed by atoms with Crippen LogP contribution < -0.4 is 5.32 Å². The summed E-state index contributed by atoms with van der Waals surface area (Å²) in [6, 6.07) is 11.5. The second-order valence-electron chi connectivity index (χ2n) is 4.62. The number of hydrogen-bond acceptors (Lipinski definition) is 1. The molecule has 1 unspecified atom stereocenters. The lowest BCUT2D eigenvalue weighted by Crippen LogP contribution is -2.10. The highest BCUT2D eigenvalue weighted by Crippen LogP contribution is 2.24. The summed E-state index contributed by atoms with van der Waals surface area (Å²) in [7, 11) is 0. The Labute approximate surface area is 112 Å². The van der Waals surface area contributed by atoms with Crippen LogP contribution in [0.2, 0.25) is 0 Å². The van der Waals surface area contributed by atoms with Gasteiger partial charge in [-0.25, -0.2) is 8.78 Å². The van der Waals surface area contributed by atoms with Gasteiger partial charge in [-0.1, -0.05) is 19.1 Å². The van der Waals surface area contributed by atoms with Crippen LogP contribution in [-0.4, -0.2) is 0 Å². The van der Waals surface area contributed by atoms with Gasteiger partial charge in [0.1, 0.15) is 11.6 Å². The van der Waals surface area contributed by atoms with E-state index in [4.69, 9.17) is 0 Å². The van der Waals surface area contributed by atoms with Crippen LogP contribution in [0.25, 0.3) is 0 Å². The third-order valence-electron chi connectivity index (χ3n) is 3.16. The summed E-state index contributed by atoms with van der Waals surface area (Å²) in [5.41, 5.74) is 2.33. The highest BCUT2D eigenvalue weighted by molar-refractivity contribution is 5.48. The summed E-state index contributed by atoms with van der Waals surface area (Å²) in [6.45, 7) is 3.75. The molecule has 2 aromatic rings. The smallest absolute Gasteiger partial charge is 0.126 e. The number of benzene rings is 2. The molecule has 0 saturated heterocycles. The number of anilines is 1. The molecule has 0 aliphatic heterocycles. The Kier molecular flexibility index (Phi) is 4.15. The minimum atomic E-state index is -0.243. The number of hydrogen-bond donors (Lipinski definition) is 1. The molecule has 0 spiro atoms. The van der Waals surface area contributed by atoms with Gasteiger partial charge in [-0.3, -0.25) is 0 Å². The summed E-state index contributed by atoms with van der Waals surface area (Å²) in [5, 5.41) is 3.31. The molecule has 100 valence electrons. The molecule has 0 heterocycles. The predicted octanol–water partition coefficient (Wildman–Crippen LogP) is 4.84. The Morgan fingerprint density at radius 2 is 1.89 bits per heavy atom. The zero-order valence-electron chi connectivity index (χ0n) is 11.1. The van der Waals surface area contributed by atoms with Gasteiger partial charge >= 0.3 is 0 Å². The van der Waals surface area contributed by atoms with Crippen molar-refractivity contribution in [2.45, 2.75) is 26.3 Å². The lowest BCUT2D eigenvalue weighted by molar-refractivity contribution is 0.617. The second-order valence-corrected chi connectivity index (χ2v) is 4.62. The number of rotatable bonds is 4. The van der Waals surface area contributed by atoms with Crippen LogP contribution >= 0.6 is 0 Å². The second kappa shape index (κ2) is 5.83. The van der Waals surface area contributed by atoms with Crippen molar-refractivity contribution in [2.75, 3.05) is 5.32 Å². The van der Waals surface area contributed by atoms with E-state index in [1.54, 1.807) is 25.1 Å². The molecule has 3 heteroatoms. The number of halogens is 2. The molecule has 0 radical (unpaired) electrons. The molecular formula is C16H17F2N. The normalized spacial score (nSPS) is 12.2. The molecule has 2 rings (SSSR count). The van der Waals surface area contributed by atoms with Gasteiger partial charge in [0.05, 0.1) is 6.04 Å². The minimum absolute atomic E-state index is 0.0144. The first-order chi connectivity index (χ1) is 9.10. The van der Waals surface area contributed by atoms with Gasteiger partial charge in [-0.05, 0) is 54.8 Å². The summed E-state index contributed by atoms with van der Waals surface area (Å²) in [4.78, 5) is 0. The van der Waals surface area contributed by atoms with Crippen LogP contribution in [0, 0.1) is 18.6 Å². The number of aryl methyl sites for hydroxylation is 1. The maximum Gasteiger partial charge on any atom is 0.126 e. The summed E-state index contributed by atoms with van der Waals surface area (Å²) in [6.07, 6.45) is 0.819. The molecule has 0 fully saturated rings. The molecule has 0 aliphatic carbocycles. The molecule has 0 aliphatic rings. The van der Waals surface area contributed by atoms with E-state index in [-0.39, 0.29) is 17.7 Å². The maximum atomic E-state index is 13.2. The first-order valence-electron chi connectivity index (χ1n) is 6.38. The van der Waals surface area contributed by atoms with Gasteiger partial charge in [-0.2, -0.15) is 0 Å².